The van der Waals surface area contributed by atoms with Crippen LogP contribution in [0.1, 0.15) is 31.7 Å². The normalized spacial score (nSPS) is 19.4. The first kappa shape index (κ1) is 24.7. The Bertz CT molecular complexity index is 687. The first-order chi connectivity index (χ1) is 14.2. The predicted molar refractivity (Wildman–Crippen MR) is 130 cm³/mol. The number of piperazine rings is 1. The molecule has 2 aliphatic rings. The van der Waals surface area contributed by atoms with Gasteiger partial charge in [-0.1, -0.05) is 19.1 Å². The van der Waals surface area contributed by atoms with Gasteiger partial charge < -0.3 is 24.6 Å². The van der Waals surface area contributed by atoms with Crippen molar-refractivity contribution in [1.82, 2.24) is 15.1 Å². The molecule has 1 aromatic carbocycles. The molecule has 1 atom stereocenters. The van der Waals surface area contributed by atoms with Crippen LogP contribution in [0.3, 0.4) is 0 Å². The van der Waals surface area contributed by atoms with Crippen molar-refractivity contribution in [3.05, 3.63) is 29.8 Å². The number of amides is 1. The minimum absolute atomic E-state index is 0. The topological polar surface area (TPSA) is 66.4 Å². The minimum Gasteiger partial charge on any atom is -0.494 e. The van der Waals surface area contributed by atoms with Crippen LogP contribution in [0, 0.1) is 0 Å². The van der Waals surface area contributed by atoms with E-state index in [0.29, 0.717) is 6.61 Å². The maximum Gasteiger partial charge on any atom is 0.251 e. The summed E-state index contributed by atoms with van der Waals surface area (Å²) in [5.41, 5.74) is 1.24. The standard InChI is InChI=1S/C22H34N4O3.HI/c1-3-15-28-19-7-4-6-18(17-19)9-10-24-22(23-2)26-13-11-25(12-14-26)21(27)20-8-5-16-29-20;/h4,6-7,17,20H,3,5,8-16H2,1-2H3,(H,23,24);1H. The molecular weight excluding hydrogens is 495 g/mol. The highest BCUT2D eigenvalue weighted by Gasteiger charge is 2.30. The molecule has 0 radical (unpaired) electrons. The lowest BCUT2D eigenvalue weighted by Crippen LogP contribution is -2.55. The van der Waals surface area contributed by atoms with Gasteiger partial charge in [0.1, 0.15) is 11.9 Å². The fraction of sp³-hybridized carbons (Fsp3) is 0.636. The molecule has 8 heteroatoms. The van der Waals surface area contributed by atoms with E-state index < -0.39 is 0 Å². The Morgan fingerprint density at radius 1 is 1.27 bits per heavy atom. The lowest BCUT2D eigenvalue weighted by Gasteiger charge is -2.37. The highest BCUT2D eigenvalue weighted by atomic mass is 127. The van der Waals surface area contributed by atoms with Crippen LogP contribution in [0.25, 0.3) is 0 Å². The molecule has 2 heterocycles. The minimum atomic E-state index is -0.226. The Morgan fingerprint density at radius 3 is 2.70 bits per heavy atom. The van der Waals surface area contributed by atoms with E-state index in [1.54, 1.807) is 0 Å². The molecule has 1 unspecified atom stereocenters. The van der Waals surface area contributed by atoms with Crippen molar-refractivity contribution in [2.24, 2.45) is 4.99 Å². The summed E-state index contributed by atoms with van der Waals surface area (Å²) in [5.74, 6) is 1.98. The average Bonchev–Trinajstić information content (AvgIpc) is 3.30. The number of guanidine groups is 1. The number of ether oxygens (including phenoxy) is 2. The summed E-state index contributed by atoms with van der Waals surface area (Å²) in [5, 5.41) is 3.46. The van der Waals surface area contributed by atoms with Gasteiger partial charge >= 0.3 is 0 Å². The monoisotopic (exact) mass is 530 g/mol. The zero-order chi connectivity index (χ0) is 20.5. The third-order valence-electron chi connectivity index (χ3n) is 5.38. The molecule has 1 aromatic rings. The largest absolute Gasteiger partial charge is 0.494 e. The van der Waals surface area contributed by atoms with E-state index in [4.69, 9.17) is 9.47 Å². The number of nitrogens with one attached hydrogen (secondary N) is 1. The Morgan fingerprint density at radius 2 is 2.03 bits per heavy atom. The molecule has 0 bridgehead atoms. The molecule has 0 aromatic heterocycles. The fourth-order valence-electron chi connectivity index (χ4n) is 3.78. The van der Waals surface area contributed by atoms with Crippen LogP contribution >= 0.6 is 24.0 Å². The summed E-state index contributed by atoms with van der Waals surface area (Å²) in [6, 6.07) is 8.27. The van der Waals surface area contributed by atoms with Crippen LogP contribution < -0.4 is 10.1 Å². The van der Waals surface area contributed by atoms with Crippen LogP contribution in [-0.4, -0.2) is 80.8 Å². The summed E-state index contributed by atoms with van der Waals surface area (Å²) in [4.78, 5) is 21.1. The van der Waals surface area contributed by atoms with Gasteiger partial charge in [-0.2, -0.15) is 0 Å². The van der Waals surface area contributed by atoms with Crippen LogP contribution in [0.15, 0.2) is 29.3 Å². The quantitative estimate of drug-likeness (QED) is 0.334. The molecule has 2 saturated heterocycles. The Hall–Kier alpha value is -1.55. The first-order valence-corrected chi connectivity index (χ1v) is 10.8. The van der Waals surface area contributed by atoms with Crippen molar-refractivity contribution >= 4 is 35.8 Å². The molecule has 2 aliphatic heterocycles. The van der Waals surface area contributed by atoms with Gasteiger partial charge in [0.05, 0.1) is 6.61 Å². The van der Waals surface area contributed by atoms with Gasteiger partial charge in [0, 0.05) is 46.4 Å². The number of benzene rings is 1. The third-order valence-corrected chi connectivity index (χ3v) is 5.38. The van der Waals surface area contributed by atoms with E-state index in [1.165, 1.54) is 5.56 Å². The second-order valence-electron chi connectivity index (χ2n) is 7.53. The molecule has 1 amide bonds. The summed E-state index contributed by atoms with van der Waals surface area (Å²) in [6.45, 7) is 7.39. The highest BCUT2D eigenvalue weighted by Crippen LogP contribution is 2.16. The predicted octanol–water partition coefficient (Wildman–Crippen LogP) is 2.53. The molecular formula is C22H35IN4O3. The second-order valence-corrected chi connectivity index (χ2v) is 7.53. The third kappa shape index (κ3) is 7.01. The lowest BCUT2D eigenvalue weighted by atomic mass is 10.1. The molecule has 2 fully saturated rings. The Balaban J connectivity index is 0.00000320. The number of hydrogen-bond donors (Lipinski definition) is 1. The highest BCUT2D eigenvalue weighted by molar-refractivity contribution is 14.0. The Labute approximate surface area is 197 Å². The summed E-state index contributed by atoms with van der Waals surface area (Å²) in [6.07, 6.45) is 3.53. The second kappa shape index (κ2) is 13.0. The molecule has 0 saturated carbocycles. The van der Waals surface area contributed by atoms with Gasteiger partial charge in [-0.3, -0.25) is 9.79 Å². The van der Waals surface area contributed by atoms with Gasteiger partial charge in [0.15, 0.2) is 5.96 Å². The van der Waals surface area contributed by atoms with Gasteiger partial charge in [-0.05, 0) is 43.4 Å². The van der Waals surface area contributed by atoms with Gasteiger partial charge in [0.2, 0.25) is 0 Å². The van der Waals surface area contributed by atoms with Crippen LogP contribution in [0.5, 0.6) is 5.75 Å². The maximum atomic E-state index is 12.5. The Kier molecular flexibility index (Phi) is 10.7. The number of nitrogens with zero attached hydrogens (tertiary/aromatic N) is 3. The number of hydrogen-bond acceptors (Lipinski definition) is 4. The van der Waals surface area contributed by atoms with Crippen molar-refractivity contribution in [1.29, 1.82) is 0 Å². The van der Waals surface area contributed by atoms with E-state index in [9.17, 15) is 4.79 Å². The number of halogens is 1. The smallest absolute Gasteiger partial charge is 0.251 e. The van der Waals surface area contributed by atoms with Gasteiger partial charge in [-0.25, -0.2) is 0 Å². The van der Waals surface area contributed by atoms with Crippen molar-refractivity contribution in [2.75, 3.05) is 53.0 Å². The maximum absolute atomic E-state index is 12.5. The van der Waals surface area contributed by atoms with Crippen molar-refractivity contribution in [3.63, 3.8) is 0 Å². The number of rotatable bonds is 7. The molecule has 0 spiro atoms. The van der Waals surface area contributed by atoms with Crippen molar-refractivity contribution < 1.29 is 14.3 Å². The molecule has 168 valence electrons. The molecule has 3 rings (SSSR count). The molecule has 7 nitrogen and oxygen atoms in total. The zero-order valence-electron chi connectivity index (χ0n) is 18.1. The van der Waals surface area contributed by atoms with Crippen molar-refractivity contribution in [2.45, 2.75) is 38.7 Å². The van der Waals surface area contributed by atoms with Crippen LogP contribution in [0.4, 0.5) is 0 Å². The van der Waals surface area contributed by atoms with Gasteiger partial charge in [-0.15, -0.1) is 24.0 Å². The first-order valence-electron chi connectivity index (χ1n) is 10.8. The number of carbonyl (C=O) groups is 1. The van der Waals surface area contributed by atoms with Crippen LogP contribution in [0.2, 0.25) is 0 Å². The zero-order valence-corrected chi connectivity index (χ0v) is 20.5. The summed E-state index contributed by atoms with van der Waals surface area (Å²) >= 11 is 0. The fourth-order valence-corrected chi connectivity index (χ4v) is 3.78. The molecule has 1 N–H and O–H groups in total. The van der Waals surface area contributed by atoms with E-state index in [0.717, 1.165) is 76.7 Å². The lowest BCUT2D eigenvalue weighted by molar-refractivity contribution is -0.142. The molecule has 30 heavy (non-hydrogen) atoms. The average molecular weight is 530 g/mol. The SMILES string of the molecule is CCCOc1cccc(CCNC(=NC)N2CCN(C(=O)C3CCCO3)CC2)c1.I. The van der Waals surface area contributed by atoms with E-state index >= 15 is 0 Å². The number of aliphatic imine (C=N–C) groups is 1. The number of carbonyl (C=O) groups excluding carboxylic acids is 1. The summed E-state index contributed by atoms with van der Waals surface area (Å²) in [7, 11) is 1.81. The van der Waals surface area contributed by atoms with Gasteiger partial charge in [0.25, 0.3) is 5.91 Å². The van der Waals surface area contributed by atoms with E-state index in [2.05, 4.69) is 34.3 Å². The van der Waals surface area contributed by atoms with E-state index in [1.807, 2.05) is 24.1 Å². The molecule has 0 aliphatic carbocycles. The van der Waals surface area contributed by atoms with Crippen molar-refractivity contribution in [3.8, 4) is 5.75 Å². The van der Waals surface area contributed by atoms with E-state index in [-0.39, 0.29) is 36.0 Å². The summed E-state index contributed by atoms with van der Waals surface area (Å²) < 4.78 is 11.3. The van der Waals surface area contributed by atoms with Crippen LogP contribution in [-0.2, 0) is 16.0 Å².